The number of ketones is 1. The molecule has 0 heterocycles. The summed E-state index contributed by atoms with van der Waals surface area (Å²) in [5.74, 6) is -1.04. The molecule has 23 heavy (non-hydrogen) atoms. The highest BCUT2D eigenvalue weighted by Gasteiger charge is 2.43. The van der Waals surface area contributed by atoms with E-state index in [1.807, 2.05) is 6.92 Å². The molecule has 2 aliphatic rings. The van der Waals surface area contributed by atoms with E-state index in [1.54, 1.807) is 6.07 Å². The number of allylic oxidation sites excluding steroid dienone is 2. The van der Waals surface area contributed by atoms with E-state index < -0.39 is 24.2 Å². The Morgan fingerprint density at radius 2 is 1.74 bits per heavy atom. The van der Waals surface area contributed by atoms with Crippen molar-refractivity contribution in [1.29, 1.82) is 5.26 Å². The van der Waals surface area contributed by atoms with E-state index in [4.69, 9.17) is 5.26 Å². The highest BCUT2D eigenvalue weighted by Crippen LogP contribution is 2.39. The summed E-state index contributed by atoms with van der Waals surface area (Å²) in [6.07, 6.45) is 7.32. The first kappa shape index (κ1) is 18.1. The molecule has 0 radical (unpaired) electrons. The lowest BCUT2D eigenvalue weighted by atomic mass is 9.71. The Morgan fingerprint density at radius 3 is 2.26 bits per heavy atom. The van der Waals surface area contributed by atoms with Gasteiger partial charge in [-0.05, 0) is 64.2 Å². The van der Waals surface area contributed by atoms with Gasteiger partial charge in [-0.3, -0.25) is 4.79 Å². The smallest absolute Gasteiger partial charge is 0.139 e. The Morgan fingerprint density at radius 1 is 1.13 bits per heavy atom. The van der Waals surface area contributed by atoms with Crippen molar-refractivity contribution in [3.8, 4) is 6.07 Å². The molecule has 0 bridgehead atoms. The predicted molar refractivity (Wildman–Crippen MR) is 86.1 cm³/mol. The molecule has 2 rings (SSSR count). The van der Waals surface area contributed by atoms with Crippen molar-refractivity contribution < 1.29 is 13.6 Å². The highest BCUT2D eigenvalue weighted by molar-refractivity contribution is 5.83. The van der Waals surface area contributed by atoms with Gasteiger partial charge in [0.25, 0.3) is 0 Å². The predicted octanol–water partition coefficient (Wildman–Crippen LogP) is 4.94. The molecule has 0 spiro atoms. The van der Waals surface area contributed by atoms with Gasteiger partial charge >= 0.3 is 0 Å². The van der Waals surface area contributed by atoms with Gasteiger partial charge in [-0.25, -0.2) is 8.78 Å². The van der Waals surface area contributed by atoms with Crippen molar-refractivity contribution in [1.82, 2.24) is 0 Å². The van der Waals surface area contributed by atoms with Crippen LogP contribution in [0.5, 0.6) is 0 Å². The molecule has 2 aliphatic carbocycles. The van der Waals surface area contributed by atoms with Gasteiger partial charge in [0, 0.05) is 11.8 Å². The molecule has 0 saturated heterocycles. The van der Waals surface area contributed by atoms with Gasteiger partial charge in [0.1, 0.15) is 24.0 Å². The number of alkyl halides is 2. The fourth-order valence-corrected chi connectivity index (χ4v) is 4.12. The van der Waals surface area contributed by atoms with Crippen LogP contribution >= 0.6 is 0 Å². The fourth-order valence-electron chi connectivity index (χ4n) is 4.12. The van der Waals surface area contributed by atoms with Crippen molar-refractivity contribution in [2.24, 2.45) is 23.7 Å². The third kappa shape index (κ3) is 4.62. The fraction of sp³-hybridized carbons (Fsp3) is 0.789. The highest BCUT2D eigenvalue weighted by atomic mass is 19.1. The third-order valence-corrected chi connectivity index (χ3v) is 5.58. The Bertz CT molecular complexity index is 450. The van der Waals surface area contributed by atoms with Gasteiger partial charge in [-0.1, -0.05) is 12.2 Å². The van der Waals surface area contributed by atoms with Crippen molar-refractivity contribution in [3.05, 3.63) is 12.2 Å². The normalized spacial score (nSPS) is 38.3. The number of nitrogens with zero attached hydrogens (tertiary/aromatic N) is 1. The first-order valence-electron chi connectivity index (χ1n) is 8.89. The largest absolute Gasteiger partial charge is 0.299 e. The van der Waals surface area contributed by atoms with E-state index >= 15 is 0 Å². The molecule has 0 amide bonds. The number of halogens is 2. The van der Waals surface area contributed by atoms with Gasteiger partial charge in [0.15, 0.2) is 0 Å². The van der Waals surface area contributed by atoms with Crippen LogP contribution in [0.4, 0.5) is 8.78 Å². The van der Waals surface area contributed by atoms with E-state index in [9.17, 15) is 13.6 Å². The second kappa shape index (κ2) is 8.57. The summed E-state index contributed by atoms with van der Waals surface area (Å²) in [6, 6.07) is 1.71. The number of hydrogen-bond donors (Lipinski definition) is 0. The summed E-state index contributed by atoms with van der Waals surface area (Å²) in [6.45, 7) is 2.02. The van der Waals surface area contributed by atoms with E-state index in [1.165, 1.54) is 0 Å². The monoisotopic (exact) mass is 323 g/mol. The van der Waals surface area contributed by atoms with E-state index in [0.717, 1.165) is 38.5 Å². The summed E-state index contributed by atoms with van der Waals surface area (Å²) >= 11 is 0. The van der Waals surface area contributed by atoms with Crippen LogP contribution < -0.4 is 0 Å². The summed E-state index contributed by atoms with van der Waals surface area (Å²) in [4.78, 5) is 12.6. The number of carbonyl (C=O) groups is 1. The van der Waals surface area contributed by atoms with Crippen molar-refractivity contribution in [2.45, 2.75) is 70.6 Å². The first-order valence-corrected chi connectivity index (χ1v) is 8.89. The zero-order valence-corrected chi connectivity index (χ0v) is 13.9. The van der Waals surface area contributed by atoms with Crippen molar-refractivity contribution in [3.63, 3.8) is 0 Å². The molecule has 2 nitrogen and oxygen atoms in total. The van der Waals surface area contributed by atoms with Gasteiger partial charge in [-0.2, -0.15) is 5.26 Å². The molecule has 2 atom stereocenters. The topological polar surface area (TPSA) is 40.9 Å². The zero-order valence-electron chi connectivity index (χ0n) is 13.9. The van der Waals surface area contributed by atoms with E-state index in [0.29, 0.717) is 5.92 Å². The van der Waals surface area contributed by atoms with Crippen molar-refractivity contribution in [2.75, 3.05) is 0 Å². The van der Waals surface area contributed by atoms with Crippen LogP contribution in [0.3, 0.4) is 0 Å². The van der Waals surface area contributed by atoms with E-state index in [-0.39, 0.29) is 24.5 Å². The van der Waals surface area contributed by atoms with Crippen LogP contribution in [-0.2, 0) is 4.79 Å². The van der Waals surface area contributed by atoms with Crippen LogP contribution in [0, 0.1) is 35.0 Å². The summed E-state index contributed by atoms with van der Waals surface area (Å²) in [7, 11) is 0. The Hall–Kier alpha value is -1.24. The maximum absolute atomic E-state index is 13.9. The molecule has 0 N–H and O–H groups in total. The molecule has 0 aromatic heterocycles. The molecule has 4 heteroatoms. The van der Waals surface area contributed by atoms with Crippen LogP contribution in [0.2, 0.25) is 0 Å². The Labute approximate surface area is 137 Å². The molecule has 0 aliphatic heterocycles. The lowest BCUT2D eigenvalue weighted by molar-refractivity contribution is -0.131. The molecule has 128 valence electrons. The molecule has 2 fully saturated rings. The second-order valence-electron chi connectivity index (χ2n) is 7.12. The lowest BCUT2D eigenvalue weighted by Crippen LogP contribution is -2.40. The van der Waals surface area contributed by atoms with Gasteiger partial charge in [0.2, 0.25) is 0 Å². The van der Waals surface area contributed by atoms with E-state index in [2.05, 4.69) is 12.2 Å². The molecule has 0 aromatic rings. The molecular weight excluding hydrogens is 296 g/mol. The standard InChI is InChI=1S/C19H27F2NO/c1-2-3-4-5-13-6-8-14(9-7-13)19(23)15-10-17(20)16(12-22)18(21)11-15/h2-3,13-18H,4-11H2,1H3/b3-2+. The van der Waals surface area contributed by atoms with Crippen LogP contribution in [0.15, 0.2) is 12.2 Å². The van der Waals surface area contributed by atoms with Gasteiger partial charge < -0.3 is 0 Å². The second-order valence-corrected chi connectivity index (χ2v) is 7.12. The van der Waals surface area contributed by atoms with Gasteiger partial charge in [-0.15, -0.1) is 0 Å². The number of rotatable bonds is 5. The van der Waals surface area contributed by atoms with Crippen LogP contribution in [0.1, 0.15) is 58.3 Å². The minimum atomic E-state index is -1.50. The third-order valence-electron chi connectivity index (χ3n) is 5.58. The number of Topliss-reactive ketones (excluding diaryl/α,β-unsaturated/α-hetero) is 1. The average molecular weight is 323 g/mol. The number of hydrogen-bond acceptors (Lipinski definition) is 2. The summed E-state index contributed by atoms with van der Waals surface area (Å²) < 4.78 is 27.8. The van der Waals surface area contributed by atoms with Crippen LogP contribution in [-0.4, -0.2) is 18.1 Å². The minimum absolute atomic E-state index is 0.0265. The van der Waals surface area contributed by atoms with Crippen molar-refractivity contribution >= 4 is 5.78 Å². The number of carbonyl (C=O) groups excluding carboxylic acids is 1. The maximum Gasteiger partial charge on any atom is 0.139 e. The SMILES string of the molecule is C/C=C/CCC1CCC(C(=O)C2CC(F)C(C#N)C(F)C2)CC1. The average Bonchev–Trinajstić information content (AvgIpc) is 2.55. The summed E-state index contributed by atoms with van der Waals surface area (Å²) in [5, 5.41) is 8.80. The van der Waals surface area contributed by atoms with Crippen LogP contribution in [0.25, 0.3) is 0 Å². The van der Waals surface area contributed by atoms with Gasteiger partial charge in [0.05, 0.1) is 6.07 Å². The Kier molecular flexibility index (Phi) is 6.74. The lowest BCUT2D eigenvalue weighted by Gasteiger charge is -2.34. The summed E-state index contributed by atoms with van der Waals surface area (Å²) in [5.41, 5.74) is 0. The Balaban J connectivity index is 1.82. The molecular formula is C19H27F2NO. The zero-order chi connectivity index (χ0) is 16.8. The minimum Gasteiger partial charge on any atom is -0.299 e. The quantitative estimate of drug-likeness (QED) is 0.672. The molecule has 2 saturated carbocycles. The first-order chi connectivity index (χ1) is 11.1. The number of nitriles is 1. The molecule has 0 aromatic carbocycles. The molecule has 2 unspecified atom stereocenters. The maximum atomic E-state index is 13.9.